The van der Waals surface area contributed by atoms with Crippen LogP contribution in [0.3, 0.4) is 0 Å². The van der Waals surface area contributed by atoms with Gasteiger partial charge in [-0.3, -0.25) is 0 Å². The molecule has 13 heavy (non-hydrogen) atoms. The van der Waals surface area contributed by atoms with Gasteiger partial charge in [-0.05, 0) is 30.0 Å². The van der Waals surface area contributed by atoms with Crippen molar-refractivity contribution in [3.63, 3.8) is 0 Å². The van der Waals surface area contributed by atoms with Crippen molar-refractivity contribution in [1.29, 1.82) is 5.26 Å². The summed E-state index contributed by atoms with van der Waals surface area (Å²) in [5.74, 6) is 0. The third-order valence-electron chi connectivity index (χ3n) is 1.20. The summed E-state index contributed by atoms with van der Waals surface area (Å²) in [5, 5.41) is 8.42. The molecule has 0 saturated heterocycles. The van der Waals surface area contributed by atoms with Crippen LogP contribution in [0, 0.1) is 11.3 Å². The van der Waals surface area contributed by atoms with E-state index >= 15 is 0 Å². The smallest absolute Gasteiger partial charge is 0.192 e. The highest BCUT2D eigenvalue weighted by Gasteiger charge is 2.29. The van der Waals surface area contributed by atoms with E-state index in [0.29, 0.717) is 0 Å². The van der Waals surface area contributed by atoms with E-state index in [0.717, 1.165) is 0 Å². The number of hydrogen-bond acceptors (Lipinski definition) is 2. The van der Waals surface area contributed by atoms with Crippen molar-refractivity contribution in [2.24, 2.45) is 0 Å². The molecule has 68 valence electrons. The maximum atomic E-state index is 11.9. The Balaban J connectivity index is 2.86. The SMILES string of the molecule is N#Cc1cccc(SC(F)(F)F)c1. The zero-order chi connectivity index (χ0) is 9.90. The van der Waals surface area contributed by atoms with Crippen LogP contribution in [0.25, 0.3) is 0 Å². The highest BCUT2D eigenvalue weighted by molar-refractivity contribution is 8.00. The Hall–Kier alpha value is -1.15. The lowest BCUT2D eigenvalue weighted by Gasteiger charge is -2.04. The molecule has 0 N–H and O–H groups in total. The first-order chi connectivity index (χ1) is 6.01. The lowest BCUT2D eigenvalue weighted by atomic mass is 10.2. The van der Waals surface area contributed by atoms with Crippen LogP contribution in [-0.4, -0.2) is 5.51 Å². The second-order valence-electron chi connectivity index (χ2n) is 2.19. The Kier molecular flexibility index (Phi) is 2.83. The lowest BCUT2D eigenvalue weighted by molar-refractivity contribution is -0.0328. The van der Waals surface area contributed by atoms with E-state index in [2.05, 4.69) is 0 Å². The number of nitriles is 1. The van der Waals surface area contributed by atoms with Gasteiger partial charge in [0, 0.05) is 4.90 Å². The van der Waals surface area contributed by atoms with E-state index in [1.54, 1.807) is 6.07 Å². The minimum absolute atomic E-state index is 0.0338. The van der Waals surface area contributed by atoms with Gasteiger partial charge < -0.3 is 0 Å². The molecule has 0 aliphatic carbocycles. The van der Waals surface area contributed by atoms with Crippen LogP contribution in [0.15, 0.2) is 29.2 Å². The van der Waals surface area contributed by atoms with E-state index in [1.165, 1.54) is 24.3 Å². The molecular formula is C8H4F3NS. The molecular weight excluding hydrogens is 199 g/mol. The molecule has 0 aliphatic heterocycles. The molecule has 0 atom stereocenters. The minimum atomic E-state index is -4.30. The number of rotatable bonds is 1. The Labute approximate surface area is 77.2 Å². The van der Waals surface area contributed by atoms with Crippen molar-refractivity contribution in [1.82, 2.24) is 0 Å². The van der Waals surface area contributed by atoms with Gasteiger partial charge >= 0.3 is 5.51 Å². The second-order valence-corrected chi connectivity index (χ2v) is 3.33. The van der Waals surface area contributed by atoms with Gasteiger partial charge in [0.2, 0.25) is 0 Å². The molecule has 0 fully saturated rings. The summed E-state index contributed by atoms with van der Waals surface area (Å²) >= 11 is -0.221. The summed E-state index contributed by atoms with van der Waals surface area (Å²) in [6.45, 7) is 0. The van der Waals surface area contributed by atoms with E-state index < -0.39 is 5.51 Å². The Bertz CT molecular complexity index is 340. The quantitative estimate of drug-likeness (QED) is 0.654. The molecule has 1 nitrogen and oxygen atoms in total. The standard InChI is InChI=1S/C8H4F3NS/c9-8(10,11)13-7-3-1-2-6(4-7)5-12/h1-4H. The summed E-state index contributed by atoms with van der Waals surface area (Å²) in [7, 11) is 0. The first kappa shape index (κ1) is 9.93. The first-order valence-electron chi connectivity index (χ1n) is 3.27. The Morgan fingerprint density at radius 1 is 1.31 bits per heavy atom. The second kappa shape index (κ2) is 3.71. The fraction of sp³-hybridized carbons (Fsp3) is 0.125. The van der Waals surface area contributed by atoms with Gasteiger partial charge in [0.25, 0.3) is 0 Å². The first-order valence-corrected chi connectivity index (χ1v) is 4.09. The zero-order valence-electron chi connectivity index (χ0n) is 6.30. The number of hydrogen-bond donors (Lipinski definition) is 0. The normalized spacial score (nSPS) is 10.9. The van der Waals surface area contributed by atoms with E-state index in [1.807, 2.05) is 0 Å². The summed E-state index contributed by atoms with van der Waals surface area (Å²) in [6, 6.07) is 7.18. The van der Waals surface area contributed by atoms with Gasteiger partial charge in [0.1, 0.15) is 0 Å². The predicted molar refractivity (Wildman–Crippen MR) is 43.1 cm³/mol. The van der Waals surface area contributed by atoms with E-state index in [9.17, 15) is 13.2 Å². The molecule has 0 saturated carbocycles. The van der Waals surface area contributed by atoms with Crippen LogP contribution in [0.5, 0.6) is 0 Å². The van der Waals surface area contributed by atoms with Gasteiger partial charge in [0.05, 0.1) is 11.6 Å². The maximum Gasteiger partial charge on any atom is 0.446 e. The van der Waals surface area contributed by atoms with Gasteiger partial charge in [-0.1, -0.05) is 6.07 Å². The van der Waals surface area contributed by atoms with Crippen LogP contribution in [0.4, 0.5) is 13.2 Å². The van der Waals surface area contributed by atoms with Crippen molar-refractivity contribution < 1.29 is 13.2 Å². The van der Waals surface area contributed by atoms with E-state index in [4.69, 9.17) is 5.26 Å². The summed E-state index contributed by atoms with van der Waals surface area (Å²) in [4.78, 5) is 0.0338. The van der Waals surface area contributed by atoms with Crippen molar-refractivity contribution in [2.75, 3.05) is 0 Å². The fourth-order valence-corrected chi connectivity index (χ4v) is 1.36. The van der Waals surface area contributed by atoms with Crippen molar-refractivity contribution in [2.45, 2.75) is 10.4 Å². The molecule has 0 aromatic heterocycles. The number of benzene rings is 1. The molecule has 5 heteroatoms. The number of halogens is 3. The highest BCUT2D eigenvalue weighted by atomic mass is 32.2. The molecule has 0 aliphatic rings. The van der Waals surface area contributed by atoms with Gasteiger partial charge in [-0.15, -0.1) is 0 Å². The third-order valence-corrected chi connectivity index (χ3v) is 1.92. The summed E-state index contributed by atoms with van der Waals surface area (Å²) < 4.78 is 35.6. The molecule has 0 radical (unpaired) electrons. The molecule has 1 aromatic carbocycles. The number of nitrogens with zero attached hydrogens (tertiary/aromatic N) is 1. The highest BCUT2D eigenvalue weighted by Crippen LogP contribution is 2.36. The number of thioether (sulfide) groups is 1. The molecule has 1 aromatic rings. The van der Waals surface area contributed by atoms with Crippen molar-refractivity contribution in [3.05, 3.63) is 29.8 Å². The molecule has 0 unspecified atom stereocenters. The lowest BCUT2D eigenvalue weighted by Crippen LogP contribution is -1.98. The maximum absolute atomic E-state index is 11.9. The van der Waals surface area contributed by atoms with Crippen LogP contribution < -0.4 is 0 Å². The number of alkyl halides is 3. The minimum Gasteiger partial charge on any atom is -0.192 e. The predicted octanol–water partition coefficient (Wildman–Crippen LogP) is 3.17. The monoisotopic (exact) mass is 203 g/mol. The molecule has 0 bridgehead atoms. The van der Waals surface area contributed by atoms with Gasteiger partial charge in [0.15, 0.2) is 0 Å². The molecule has 0 heterocycles. The largest absolute Gasteiger partial charge is 0.446 e. The average Bonchev–Trinajstić information content (AvgIpc) is 2.01. The Morgan fingerprint density at radius 2 is 2.00 bits per heavy atom. The fourth-order valence-electron chi connectivity index (χ4n) is 0.763. The Morgan fingerprint density at radius 3 is 2.54 bits per heavy atom. The van der Waals surface area contributed by atoms with E-state index in [-0.39, 0.29) is 22.2 Å². The van der Waals surface area contributed by atoms with Crippen molar-refractivity contribution in [3.8, 4) is 6.07 Å². The molecule has 0 amide bonds. The molecule has 0 spiro atoms. The van der Waals surface area contributed by atoms with Crippen LogP contribution in [0.2, 0.25) is 0 Å². The zero-order valence-corrected chi connectivity index (χ0v) is 7.12. The van der Waals surface area contributed by atoms with Crippen LogP contribution in [-0.2, 0) is 0 Å². The van der Waals surface area contributed by atoms with Crippen molar-refractivity contribution >= 4 is 11.8 Å². The van der Waals surface area contributed by atoms with Gasteiger partial charge in [-0.25, -0.2) is 0 Å². The van der Waals surface area contributed by atoms with Gasteiger partial charge in [-0.2, -0.15) is 18.4 Å². The van der Waals surface area contributed by atoms with Crippen LogP contribution >= 0.6 is 11.8 Å². The topological polar surface area (TPSA) is 23.8 Å². The summed E-state index contributed by atoms with van der Waals surface area (Å²) in [6.07, 6.45) is 0. The third kappa shape index (κ3) is 3.38. The summed E-state index contributed by atoms with van der Waals surface area (Å²) in [5.41, 5.74) is -4.07. The van der Waals surface area contributed by atoms with Crippen LogP contribution in [0.1, 0.15) is 5.56 Å². The molecule has 1 rings (SSSR count). The average molecular weight is 203 g/mol.